The normalized spacial score (nSPS) is 15.0. The molecule has 1 aromatic rings. The number of carbonyl (C=O) groups excluding carboxylic acids is 2. The molecule has 0 unspecified atom stereocenters. The summed E-state index contributed by atoms with van der Waals surface area (Å²) >= 11 is 5.56. The molecule has 2 rings (SSSR count). The second-order valence-electron chi connectivity index (χ2n) is 4.77. The number of phenolic OH excluding ortho intramolecular Hbond substituents is 1. The first-order valence-corrected chi connectivity index (χ1v) is 6.79. The van der Waals surface area contributed by atoms with Crippen LogP contribution in [0.5, 0.6) is 5.75 Å². The van der Waals surface area contributed by atoms with Gasteiger partial charge < -0.3 is 16.2 Å². The van der Waals surface area contributed by atoms with Crippen LogP contribution in [-0.2, 0) is 9.59 Å². The fourth-order valence-electron chi connectivity index (χ4n) is 2.26. The maximum Gasteiger partial charge on any atom is 0.252 e. The molecule has 0 spiro atoms. The molecule has 21 heavy (non-hydrogen) atoms. The van der Waals surface area contributed by atoms with Crippen molar-refractivity contribution in [3.63, 3.8) is 0 Å². The van der Waals surface area contributed by atoms with E-state index in [0.717, 1.165) is 25.0 Å². The van der Waals surface area contributed by atoms with Crippen molar-refractivity contribution >= 4 is 29.1 Å². The first kappa shape index (κ1) is 15.3. The fourth-order valence-corrected chi connectivity index (χ4v) is 2.41. The molecule has 112 valence electrons. The number of nitrogens with two attached hydrogens (primary N) is 1. The van der Waals surface area contributed by atoms with Gasteiger partial charge in [-0.2, -0.15) is 0 Å². The summed E-state index contributed by atoms with van der Waals surface area (Å²) in [7, 11) is 0. The highest BCUT2D eigenvalue weighted by molar-refractivity contribution is 6.32. The van der Waals surface area contributed by atoms with E-state index in [1.54, 1.807) is 0 Å². The first-order valence-electron chi connectivity index (χ1n) is 6.41. The molecule has 5 nitrogen and oxygen atoms in total. The van der Waals surface area contributed by atoms with Gasteiger partial charge in [0.1, 0.15) is 11.6 Å². The number of primary amides is 1. The summed E-state index contributed by atoms with van der Waals surface area (Å²) in [6, 6.07) is 1.92. The third-order valence-corrected chi connectivity index (χ3v) is 3.63. The highest BCUT2D eigenvalue weighted by Gasteiger charge is 2.23. The Balaban J connectivity index is 2.29. The van der Waals surface area contributed by atoms with Gasteiger partial charge in [-0.05, 0) is 31.7 Å². The van der Waals surface area contributed by atoms with Crippen LogP contribution in [0.15, 0.2) is 23.3 Å². The SMILES string of the molecule is NC(=O)C1=C(C(=O)Nc2cc(O)c(Cl)cc2F)CCCC1. The Morgan fingerprint density at radius 1 is 1.24 bits per heavy atom. The van der Waals surface area contributed by atoms with Crippen molar-refractivity contribution in [1.29, 1.82) is 0 Å². The Labute approximate surface area is 125 Å². The number of rotatable bonds is 3. The lowest BCUT2D eigenvalue weighted by atomic mass is 9.90. The minimum Gasteiger partial charge on any atom is -0.506 e. The Morgan fingerprint density at radius 3 is 2.48 bits per heavy atom. The molecule has 4 N–H and O–H groups in total. The Morgan fingerprint density at radius 2 is 1.86 bits per heavy atom. The third-order valence-electron chi connectivity index (χ3n) is 3.32. The molecule has 0 fully saturated rings. The van der Waals surface area contributed by atoms with Crippen molar-refractivity contribution in [3.05, 3.63) is 34.1 Å². The summed E-state index contributed by atoms with van der Waals surface area (Å²) in [5, 5.41) is 11.6. The Bertz CT molecular complexity index is 643. The number of halogens is 2. The Hall–Kier alpha value is -2.08. The van der Waals surface area contributed by atoms with Crippen LogP contribution in [-0.4, -0.2) is 16.9 Å². The van der Waals surface area contributed by atoms with Crippen molar-refractivity contribution in [2.24, 2.45) is 5.73 Å². The lowest BCUT2D eigenvalue weighted by Crippen LogP contribution is -2.25. The lowest BCUT2D eigenvalue weighted by molar-refractivity contribution is -0.116. The molecule has 0 saturated heterocycles. The van der Waals surface area contributed by atoms with Gasteiger partial charge in [0.2, 0.25) is 5.91 Å². The number of phenols is 1. The number of amides is 2. The number of benzene rings is 1. The molecule has 0 saturated carbocycles. The van der Waals surface area contributed by atoms with Crippen LogP contribution in [0.4, 0.5) is 10.1 Å². The molecule has 0 bridgehead atoms. The van der Waals surface area contributed by atoms with Gasteiger partial charge in [0.15, 0.2) is 0 Å². The fraction of sp³-hybridized carbons (Fsp3) is 0.286. The predicted molar refractivity (Wildman–Crippen MR) is 76.4 cm³/mol. The monoisotopic (exact) mass is 312 g/mol. The molecule has 0 aliphatic heterocycles. The molecule has 0 atom stereocenters. The van der Waals surface area contributed by atoms with Gasteiger partial charge in [0.25, 0.3) is 5.91 Å². The second kappa shape index (κ2) is 6.13. The zero-order valence-corrected chi connectivity index (χ0v) is 11.8. The van der Waals surface area contributed by atoms with Gasteiger partial charge in [-0.1, -0.05) is 11.6 Å². The van der Waals surface area contributed by atoms with E-state index in [0.29, 0.717) is 12.8 Å². The van der Waals surface area contributed by atoms with Gasteiger partial charge in [-0.3, -0.25) is 9.59 Å². The van der Waals surface area contributed by atoms with Gasteiger partial charge in [0.05, 0.1) is 10.7 Å². The average Bonchev–Trinajstić information content (AvgIpc) is 2.44. The highest BCUT2D eigenvalue weighted by atomic mass is 35.5. The molecule has 0 heterocycles. The maximum absolute atomic E-state index is 13.7. The van der Waals surface area contributed by atoms with E-state index in [1.807, 2.05) is 0 Å². The van der Waals surface area contributed by atoms with Crippen LogP contribution in [0, 0.1) is 5.82 Å². The molecule has 1 aliphatic rings. The van der Waals surface area contributed by atoms with E-state index in [4.69, 9.17) is 17.3 Å². The van der Waals surface area contributed by atoms with E-state index >= 15 is 0 Å². The molecular formula is C14H14ClFN2O3. The molecule has 2 amide bonds. The zero-order valence-electron chi connectivity index (χ0n) is 11.1. The van der Waals surface area contributed by atoms with Crippen molar-refractivity contribution < 1.29 is 19.1 Å². The van der Waals surface area contributed by atoms with E-state index < -0.39 is 17.6 Å². The number of nitrogens with one attached hydrogen (secondary N) is 1. The second-order valence-corrected chi connectivity index (χ2v) is 5.17. The standard InChI is InChI=1S/C14H14ClFN2O3/c15-9-5-10(16)11(6-12(9)19)18-14(21)8-4-2-1-3-7(8)13(17)20/h5-6,19H,1-4H2,(H2,17,20)(H,18,21). The smallest absolute Gasteiger partial charge is 0.252 e. The van der Waals surface area contributed by atoms with E-state index in [9.17, 15) is 19.1 Å². The molecule has 7 heteroatoms. The maximum atomic E-state index is 13.7. The quantitative estimate of drug-likeness (QED) is 0.800. The lowest BCUT2D eigenvalue weighted by Gasteiger charge is -2.18. The van der Waals surface area contributed by atoms with Crippen LogP contribution in [0.1, 0.15) is 25.7 Å². The van der Waals surface area contributed by atoms with Crippen LogP contribution in [0.2, 0.25) is 5.02 Å². The summed E-state index contributed by atoms with van der Waals surface area (Å²) in [5.74, 6) is -2.35. The van der Waals surface area contributed by atoms with E-state index in [1.165, 1.54) is 0 Å². The predicted octanol–water partition coefficient (Wildman–Crippen LogP) is 2.48. The number of anilines is 1. The summed E-state index contributed by atoms with van der Waals surface area (Å²) in [6.07, 6.45) is 2.39. The number of carbonyl (C=O) groups is 2. The zero-order chi connectivity index (χ0) is 15.6. The van der Waals surface area contributed by atoms with Gasteiger partial charge in [0, 0.05) is 17.2 Å². The highest BCUT2D eigenvalue weighted by Crippen LogP contribution is 2.31. The Kier molecular flexibility index (Phi) is 4.47. The van der Waals surface area contributed by atoms with Crippen LogP contribution in [0.25, 0.3) is 0 Å². The average molecular weight is 313 g/mol. The molecule has 1 aliphatic carbocycles. The van der Waals surface area contributed by atoms with Crippen LogP contribution >= 0.6 is 11.6 Å². The third kappa shape index (κ3) is 3.33. The molecular weight excluding hydrogens is 299 g/mol. The van der Waals surface area contributed by atoms with Crippen molar-refractivity contribution in [2.45, 2.75) is 25.7 Å². The molecule has 1 aromatic carbocycles. The van der Waals surface area contributed by atoms with Crippen LogP contribution in [0.3, 0.4) is 0 Å². The summed E-state index contributed by atoms with van der Waals surface area (Å²) in [6.45, 7) is 0. The van der Waals surface area contributed by atoms with Crippen molar-refractivity contribution in [2.75, 3.05) is 5.32 Å². The van der Waals surface area contributed by atoms with Crippen molar-refractivity contribution in [1.82, 2.24) is 0 Å². The minimum absolute atomic E-state index is 0.153. The van der Waals surface area contributed by atoms with Gasteiger partial charge in [-0.25, -0.2) is 4.39 Å². The topological polar surface area (TPSA) is 92.4 Å². The summed E-state index contributed by atoms with van der Waals surface area (Å²) in [5.41, 5.74) is 5.59. The molecule has 0 aromatic heterocycles. The number of hydrogen-bond donors (Lipinski definition) is 3. The van der Waals surface area contributed by atoms with Crippen molar-refractivity contribution in [3.8, 4) is 5.75 Å². The largest absolute Gasteiger partial charge is 0.506 e. The van der Waals surface area contributed by atoms with E-state index in [2.05, 4.69) is 5.32 Å². The summed E-state index contributed by atoms with van der Waals surface area (Å²) < 4.78 is 13.7. The minimum atomic E-state index is -0.775. The first-order chi connectivity index (χ1) is 9.90. The van der Waals surface area contributed by atoms with Gasteiger partial charge >= 0.3 is 0 Å². The number of hydrogen-bond acceptors (Lipinski definition) is 3. The summed E-state index contributed by atoms with van der Waals surface area (Å²) in [4.78, 5) is 23.5. The number of aromatic hydroxyl groups is 1. The van der Waals surface area contributed by atoms with E-state index in [-0.39, 0.29) is 27.6 Å². The van der Waals surface area contributed by atoms with Gasteiger partial charge in [-0.15, -0.1) is 0 Å². The molecule has 0 radical (unpaired) electrons. The van der Waals surface area contributed by atoms with Crippen LogP contribution < -0.4 is 11.1 Å².